The van der Waals surface area contributed by atoms with E-state index in [1.165, 1.54) is 5.56 Å². The van der Waals surface area contributed by atoms with Crippen LogP contribution in [0.1, 0.15) is 11.1 Å². The van der Waals surface area contributed by atoms with Gasteiger partial charge in [0.15, 0.2) is 5.11 Å². The minimum atomic E-state index is -0.210. The van der Waals surface area contributed by atoms with Crippen LogP contribution in [0.25, 0.3) is 0 Å². The number of rotatable bonds is 7. The third kappa shape index (κ3) is 6.36. The molecule has 5 nitrogen and oxygen atoms in total. The second kappa shape index (κ2) is 9.64. The molecular weight excluding hydrogens is 320 g/mol. The number of nitrogens with two attached hydrogens (primary N) is 1. The number of thiocarbonyl (C=S) groups is 1. The quantitative estimate of drug-likeness (QED) is 0.577. The Hall–Kier alpha value is -2.44. The largest absolute Gasteiger partial charge is 0.362 e. The third-order valence-corrected chi connectivity index (χ3v) is 3.68. The van der Waals surface area contributed by atoms with Crippen LogP contribution in [-0.2, 0) is 17.8 Å². The van der Waals surface area contributed by atoms with Crippen LogP contribution in [0.15, 0.2) is 54.6 Å². The molecule has 0 saturated heterocycles. The predicted octanol–water partition coefficient (Wildman–Crippen LogP) is 1.79. The van der Waals surface area contributed by atoms with Crippen molar-refractivity contribution in [3.05, 3.63) is 65.7 Å². The van der Waals surface area contributed by atoms with Gasteiger partial charge in [-0.25, -0.2) is 0 Å². The minimum Gasteiger partial charge on any atom is -0.362 e. The van der Waals surface area contributed by atoms with Crippen molar-refractivity contribution >= 4 is 28.9 Å². The van der Waals surface area contributed by atoms with E-state index < -0.39 is 0 Å². The number of benzene rings is 2. The highest BCUT2D eigenvalue weighted by Crippen LogP contribution is 2.10. The molecule has 2 rings (SSSR count). The summed E-state index contributed by atoms with van der Waals surface area (Å²) in [6.07, 6.45) is 0.920. The van der Waals surface area contributed by atoms with Crippen LogP contribution in [0.2, 0.25) is 0 Å². The Balaban J connectivity index is 1.73. The molecule has 1 amide bonds. The summed E-state index contributed by atoms with van der Waals surface area (Å²) < 4.78 is 0. The topological polar surface area (TPSA) is 79.2 Å². The van der Waals surface area contributed by atoms with Crippen molar-refractivity contribution in [2.75, 3.05) is 18.4 Å². The molecule has 0 aromatic heterocycles. The van der Waals surface area contributed by atoms with Crippen molar-refractivity contribution in [1.29, 1.82) is 0 Å². The van der Waals surface area contributed by atoms with Gasteiger partial charge in [-0.3, -0.25) is 4.79 Å². The molecule has 0 aliphatic rings. The molecule has 0 radical (unpaired) electrons. The third-order valence-electron chi connectivity index (χ3n) is 3.39. The molecule has 2 aromatic carbocycles. The van der Waals surface area contributed by atoms with Crippen LogP contribution >= 0.6 is 12.2 Å². The molecule has 0 fully saturated rings. The number of amides is 1. The zero-order valence-electron chi connectivity index (χ0n) is 13.4. The smallest absolute Gasteiger partial charge is 0.238 e. The van der Waals surface area contributed by atoms with Gasteiger partial charge in [0.2, 0.25) is 5.91 Å². The van der Waals surface area contributed by atoms with Gasteiger partial charge in [0.05, 0.1) is 6.54 Å². The zero-order valence-corrected chi connectivity index (χ0v) is 14.2. The lowest BCUT2D eigenvalue weighted by molar-refractivity contribution is -0.114. The fourth-order valence-electron chi connectivity index (χ4n) is 2.18. The summed E-state index contributed by atoms with van der Waals surface area (Å²) in [5, 5.41) is 9.70. The SMILES string of the molecule is NCC(=O)Nc1cccc(CNC(=S)NCCc2ccccc2)c1. The van der Waals surface area contributed by atoms with Gasteiger partial charge in [-0.1, -0.05) is 42.5 Å². The average Bonchev–Trinajstić information content (AvgIpc) is 2.61. The van der Waals surface area contributed by atoms with Crippen LogP contribution in [-0.4, -0.2) is 24.1 Å². The Kier molecular flexibility index (Phi) is 7.20. The number of hydrogen-bond acceptors (Lipinski definition) is 3. The van der Waals surface area contributed by atoms with Gasteiger partial charge in [-0.15, -0.1) is 0 Å². The van der Waals surface area contributed by atoms with Gasteiger partial charge in [-0.2, -0.15) is 0 Å². The van der Waals surface area contributed by atoms with Crippen molar-refractivity contribution < 1.29 is 4.79 Å². The van der Waals surface area contributed by atoms with Crippen LogP contribution in [0.4, 0.5) is 5.69 Å². The van der Waals surface area contributed by atoms with E-state index in [1.54, 1.807) is 0 Å². The monoisotopic (exact) mass is 342 g/mol. The molecule has 6 heteroatoms. The molecule has 0 aliphatic heterocycles. The van der Waals surface area contributed by atoms with Crippen molar-refractivity contribution in [3.63, 3.8) is 0 Å². The lowest BCUT2D eigenvalue weighted by atomic mass is 10.1. The molecule has 2 aromatic rings. The number of anilines is 1. The molecule has 24 heavy (non-hydrogen) atoms. The average molecular weight is 342 g/mol. The van der Waals surface area contributed by atoms with Gasteiger partial charge < -0.3 is 21.7 Å². The molecule has 0 aliphatic carbocycles. The van der Waals surface area contributed by atoms with Crippen LogP contribution in [0.5, 0.6) is 0 Å². The Bertz CT molecular complexity index is 676. The summed E-state index contributed by atoms with van der Waals surface area (Å²) in [4.78, 5) is 11.3. The van der Waals surface area contributed by atoms with Gasteiger partial charge in [0.1, 0.15) is 0 Å². The first kappa shape index (κ1) is 17.9. The fraction of sp³-hybridized carbons (Fsp3) is 0.222. The van der Waals surface area contributed by atoms with Gasteiger partial charge in [0.25, 0.3) is 0 Å². The predicted molar refractivity (Wildman–Crippen MR) is 102 cm³/mol. The summed E-state index contributed by atoms with van der Waals surface area (Å²) in [7, 11) is 0. The highest BCUT2D eigenvalue weighted by molar-refractivity contribution is 7.80. The summed E-state index contributed by atoms with van der Waals surface area (Å²) in [5.74, 6) is -0.210. The van der Waals surface area contributed by atoms with E-state index in [2.05, 4.69) is 28.1 Å². The zero-order chi connectivity index (χ0) is 17.2. The number of nitrogens with one attached hydrogen (secondary N) is 3. The van der Waals surface area contributed by atoms with E-state index in [0.717, 1.165) is 24.2 Å². The fourth-order valence-corrected chi connectivity index (χ4v) is 2.36. The van der Waals surface area contributed by atoms with Gasteiger partial charge in [0, 0.05) is 18.8 Å². The molecule has 0 saturated carbocycles. The maximum Gasteiger partial charge on any atom is 0.238 e. The second-order valence-electron chi connectivity index (χ2n) is 5.30. The standard InChI is InChI=1S/C18H22N4OS/c19-12-17(23)22-16-8-4-7-15(11-16)13-21-18(24)20-10-9-14-5-2-1-3-6-14/h1-8,11H,9-10,12-13,19H2,(H,22,23)(H2,20,21,24). The molecule has 5 N–H and O–H groups in total. The molecule has 0 unspecified atom stereocenters. The lowest BCUT2D eigenvalue weighted by Crippen LogP contribution is -2.35. The second-order valence-corrected chi connectivity index (χ2v) is 5.71. The highest BCUT2D eigenvalue weighted by Gasteiger charge is 2.01. The van der Waals surface area contributed by atoms with E-state index in [1.807, 2.05) is 42.5 Å². The van der Waals surface area contributed by atoms with E-state index in [0.29, 0.717) is 11.7 Å². The normalized spacial score (nSPS) is 10.0. The molecule has 0 bridgehead atoms. The van der Waals surface area contributed by atoms with E-state index in [9.17, 15) is 4.79 Å². The molecular formula is C18H22N4OS. The van der Waals surface area contributed by atoms with Crippen LogP contribution in [0, 0.1) is 0 Å². The Morgan fingerprint density at radius 3 is 2.50 bits per heavy atom. The van der Waals surface area contributed by atoms with Gasteiger partial charge in [-0.05, 0) is 41.9 Å². The van der Waals surface area contributed by atoms with Crippen molar-refractivity contribution in [1.82, 2.24) is 10.6 Å². The summed E-state index contributed by atoms with van der Waals surface area (Å²) >= 11 is 5.28. The first-order chi connectivity index (χ1) is 11.7. The maximum atomic E-state index is 11.3. The summed E-state index contributed by atoms with van der Waals surface area (Å²) in [6, 6.07) is 17.8. The van der Waals surface area contributed by atoms with Gasteiger partial charge >= 0.3 is 0 Å². The molecule has 126 valence electrons. The Labute approximate surface area is 147 Å². The lowest BCUT2D eigenvalue weighted by Gasteiger charge is -2.11. The Morgan fingerprint density at radius 2 is 1.75 bits per heavy atom. The number of hydrogen-bond donors (Lipinski definition) is 4. The summed E-state index contributed by atoms with van der Waals surface area (Å²) in [6.45, 7) is 1.34. The first-order valence-corrected chi connectivity index (χ1v) is 8.22. The van der Waals surface area contributed by atoms with E-state index >= 15 is 0 Å². The first-order valence-electron chi connectivity index (χ1n) is 7.82. The number of carbonyl (C=O) groups excluding carboxylic acids is 1. The molecule has 0 heterocycles. The highest BCUT2D eigenvalue weighted by atomic mass is 32.1. The summed E-state index contributed by atoms with van der Waals surface area (Å²) in [5.41, 5.74) is 8.32. The number of carbonyl (C=O) groups is 1. The molecule has 0 atom stereocenters. The Morgan fingerprint density at radius 1 is 1.00 bits per heavy atom. The molecule has 0 spiro atoms. The van der Waals surface area contributed by atoms with Crippen molar-refractivity contribution in [3.8, 4) is 0 Å². The van der Waals surface area contributed by atoms with Crippen molar-refractivity contribution in [2.24, 2.45) is 5.73 Å². The van der Waals surface area contributed by atoms with E-state index in [-0.39, 0.29) is 12.5 Å². The van der Waals surface area contributed by atoms with Crippen LogP contribution < -0.4 is 21.7 Å². The van der Waals surface area contributed by atoms with Crippen molar-refractivity contribution in [2.45, 2.75) is 13.0 Å². The van der Waals surface area contributed by atoms with E-state index in [4.69, 9.17) is 18.0 Å². The maximum absolute atomic E-state index is 11.3. The minimum absolute atomic E-state index is 0.0299. The van der Waals surface area contributed by atoms with Crippen LogP contribution in [0.3, 0.4) is 0 Å².